The van der Waals surface area contributed by atoms with E-state index in [1.807, 2.05) is 50.2 Å². The summed E-state index contributed by atoms with van der Waals surface area (Å²) in [5.74, 6) is -1.72. The van der Waals surface area contributed by atoms with E-state index in [0.717, 1.165) is 43.2 Å². The molecule has 0 saturated heterocycles. The van der Waals surface area contributed by atoms with Gasteiger partial charge in [-0.3, -0.25) is 0 Å². The number of aryl methyl sites for hydroxylation is 1. The lowest BCUT2D eigenvalue weighted by atomic mass is 9.91. The van der Waals surface area contributed by atoms with Gasteiger partial charge in [0.1, 0.15) is 11.6 Å². The zero-order chi connectivity index (χ0) is 27.4. The van der Waals surface area contributed by atoms with Crippen molar-refractivity contribution in [3.63, 3.8) is 0 Å². The Bertz CT molecular complexity index is 996. The number of thioether (sulfide) groups is 1. The first kappa shape index (κ1) is 30.2. The van der Waals surface area contributed by atoms with Gasteiger partial charge in [-0.05, 0) is 68.7 Å². The molecule has 1 fully saturated rings. The van der Waals surface area contributed by atoms with Crippen LogP contribution in [0.3, 0.4) is 0 Å². The molecule has 1 aliphatic rings. The first-order valence-corrected chi connectivity index (χ1v) is 14.7. The number of amides is 1. The van der Waals surface area contributed by atoms with Gasteiger partial charge in [0.2, 0.25) is 5.92 Å². The van der Waals surface area contributed by atoms with Crippen LogP contribution in [-0.4, -0.2) is 42.7 Å². The second kappa shape index (κ2) is 15.3. The number of carbonyl (C=O) groups excluding carboxylic acids is 1. The Morgan fingerprint density at radius 3 is 2.50 bits per heavy atom. The fraction of sp³-hybridized carbons (Fsp3) is 0.567. The van der Waals surface area contributed by atoms with Gasteiger partial charge < -0.3 is 14.4 Å². The van der Waals surface area contributed by atoms with Gasteiger partial charge >= 0.3 is 6.09 Å². The average Bonchev–Trinajstić information content (AvgIpc) is 2.88. The first-order valence-electron chi connectivity index (χ1n) is 13.7. The number of rotatable bonds is 14. The average molecular weight is 552 g/mol. The predicted octanol–water partition coefficient (Wildman–Crippen LogP) is 8.79. The van der Waals surface area contributed by atoms with Crippen LogP contribution in [0.1, 0.15) is 75.8 Å². The van der Waals surface area contributed by atoms with Crippen LogP contribution in [0.2, 0.25) is 0 Å². The molecule has 0 spiro atoms. The van der Waals surface area contributed by atoms with Crippen molar-refractivity contribution in [3.8, 4) is 5.75 Å². The van der Waals surface area contributed by atoms with E-state index in [2.05, 4.69) is 0 Å². The molecule has 0 radical (unpaired) electrons. The third-order valence-corrected chi connectivity index (χ3v) is 7.93. The lowest BCUT2D eigenvalue weighted by Gasteiger charge is -2.36. The Balaban J connectivity index is 1.48. The minimum Gasteiger partial charge on any atom is -0.492 e. The minimum absolute atomic E-state index is 0.193. The molecule has 8 heteroatoms. The van der Waals surface area contributed by atoms with E-state index in [0.29, 0.717) is 49.0 Å². The molecule has 0 heterocycles. The summed E-state index contributed by atoms with van der Waals surface area (Å²) in [6.07, 6.45) is 3.75. The lowest BCUT2D eigenvalue weighted by Crippen LogP contribution is -2.45. The van der Waals surface area contributed by atoms with Crippen molar-refractivity contribution < 1.29 is 27.4 Å². The molecule has 1 saturated carbocycles. The normalized spacial score (nSPS) is 15.3. The van der Waals surface area contributed by atoms with Crippen LogP contribution in [0, 0.1) is 12.7 Å². The summed E-state index contributed by atoms with van der Waals surface area (Å²) in [5.41, 5.74) is 1.92. The van der Waals surface area contributed by atoms with Crippen molar-refractivity contribution in [2.45, 2.75) is 94.2 Å². The van der Waals surface area contributed by atoms with Gasteiger partial charge in [-0.1, -0.05) is 43.7 Å². The van der Waals surface area contributed by atoms with E-state index in [-0.39, 0.29) is 24.7 Å². The molecule has 1 amide bonds. The molecule has 0 N–H and O–H groups in total. The first-order chi connectivity index (χ1) is 18.3. The summed E-state index contributed by atoms with van der Waals surface area (Å²) in [6, 6.07) is 13.1. The molecule has 2 aromatic rings. The molecule has 38 heavy (non-hydrogen) atoms. The molecule has 3 rings (SSSR count). The third kappa shape index (κ3) is 9.75. The highest BCUT2D eigenvalue weighted by molar-refractivity contribution is 7.98. The summed E-state index contributed by atoms with van der Waals surface area (Å²) in [7, 11) is 0. The number of halogens is 3. The van der Waals surface area contributed by atoms with E-state index < -0.39 is 12.0 Å². The summed E-state index contributed by atoms with van der Waals surface area (Å²) < 4.78 is 53.5. The largest absolute Gasteiger partial charge is 0.492 e. The smallest absolute Gasteiger partial charge is 0.410 e. The van der Waals surface area contributed by atoms with Crippen molar-refractivity contribution in [1.29, 1.82) is 0 Å². The van der Waals surface area contributed by atoms with E-state index in [1.165, 1.54) is 17.8 Å². The van der Waals surface area contributed by atoms with E-state index in [9.17, 15) is 18.0 Å². The Morgan fingerprint density at radius 1 is 1.05 bits per heavy atom. The second-order valence-corrected chi connectivity index (χ2v) is 11.0. The second-order valence-electron chi connectivity index (χ2n) is 10.0. The maximum Gasteiger partial charge on any atom is 0.410 e. The van der Waals surface area contributed by atoms with Crippen molar-refractivity contribution in [3.05, 3.63) is 59.4 Å². The van der Waals surface area contributed by atoms with Crippen LogP contribution in [0.25, 0.3) is 0 Å². The Labute approximate surface area is 229 Å². The molecule has 0 atom stereocenters. The van der Waals surface area contributed by atoms with Crippen LogP contribution < -0.4 is 4.74 Å². The summed E-state index contributed by atoms with van der Waals surface area (Å²) in [6.45, 7) is 5.11. The fourth-order valence-corrected chi connectivity index (χ4v) is 5.52. The van der Waals surface area contributed by atoms with E-state index >= 15 is 0 Å². The topological polar surface area (TPSA) is 38.8 Å². The van der Waals surface area contributed by atoms with E-state index in [4.69, 9.17) is 9.47 Å². The molecule has 0 aliphatic heterocycles. The standard InChI is InChI=1S/C30H40F3NO3S/c1-3-4-18-37-29(35)34(25-13-15-30(32,33)16-14-25)17-9-6-10-19-36-27-21-23(2)20-26(31)28(27)38-22-24-11-7-5-8-12-24/h5,7-8,11-12,20-21,25H,3-4,6,9-10,13-19,22H2,1-2H3. The molecule has 210 valence electrons. The third-order valence-electron chi connectivity index (χ3n) is 6.77. The van der Waals surface area contributed by atoms with E-state index in [1.54, 1.807) is 4.90 Å². The van der Waals surface area contributed by atoms with Gasteiger partial charge in [0, 0.05) is 31.2 Å². The summed E-state index contributed by atoms with van der Waals surface area (Å²) in [4.78, 5) is 14.9. The SMILES string of the molecule is CCCCOC(=O)N(CCCCCOc1cc(C)cc(F)c1SCc1ccccc1)C1CCC(F)(F)CC1. The van der Waals surface area contributed by atoms with Crippen LogP contribution in [0.5, 0.6) is 5.75 Å². The van der Waals surface area contributed by atoms with Gasteiger partial charge in [-0.25, -0.2) is 18.0 Å². The Morgan fingerprint density at radius 2 is 1.79 bits per heavy atom. The number of alkyl halides is 2. The number of carbonyl (C=O) groups is 1. The maximum atomic E-state index is 14.7. The quantitative estimate of drug-likeness (QED) is 0.174. The molecule has 0 aromatic heterocycles. The highest BCUT2D eigenvalue weighted by Crippen LogP contribution is 2.36. The lowest BCUT2D eigenvalue weighted by molar-refractivity contribution is -0.0529. The number of hydrogen-bond donors (Lipinski definition) is 0. The van der Waals surface area contributed by atoms with Crippen molar-refractivity contribution >= 4 is 17.9 Å². The van der Waals surface area contributed by atoms with Gasteiger partial charge in [-0.15, -0.1) is 11.8 Å². The Kier molecular flexibility index (Phi) is 12.2. The molecule has 2 aromatic carbocycles. The molecule has 0 bridgehead atoms. The fourth-order valence-electron chi connectivity index (χ4n) is 4.56. The summed E-state index contributed by atoms with van der Waals surface area (Å²) >= 11 is 1.42. The Hall–Kier alpha value is -2.35. The maximum absolute atomic E-state index is 14.7. The zero-order valence-corrected chi connectivity index (χ0v) is 23.3. The molecular weight excluding hydrogens is 511 g/mol. The minimum atomic E-state index is -2.64. The number of benzene rings is 2. The van der Waals surface area contributed by atoms with Gasteiger partial charge in [0.05, 0.1) is 18.1 Å². The number of nitrogens with zero attached hydrogens (tertiary/aromatic N) is 1. The molecule has 0 unspecified atom stereocenters. The van der Waals surface area contributed by atoms with Crippen LogP contribution in [-0.2, 0) is 10.5 Å². The number of hydrogen-bond acceptors (Lipinski definition) is 4. The predicted molar refractivity (Wildman–Crippen MR) is 147 cm³/mol. The van der Waals surface area contributed by atoms with Crippen molar-refractivity contribution in [1.82, 2.24) is 4.90 Å². The van der Waals surface area contributed by atoms with Gasteiger partial charge in [0.15, 0.2) is 0 Å². The number of ether oxygens (including phenoxy) is 2. The molecule has 1 aliphatic carbocycles. The zero-order valence-electron chi connectivity index (χ0n) is 22.5. The van der Waals surface area contributed by atoms with Crippen LogP contribution in [0.4, 0.5) is 18.0 Å². The van der Waals surface area contributed by atoms with Crippen molar-refractivity contribution in [2.24, 2.45) is 0 Å². The van der Waals surface area contributed by atoms with Crippen LogP contribution in [0.15, 0.2) is 47.4 Å². The molecular formula is C30H40F3NO3S. The molecule has 4 nitrogen and oxygen atoms in total. The van der Waals surface area contributed by atoms with Gasteiger partial charge in [0.25, 0.3) is 0 Å². The summed E-state index contributed by atoms with van der Waals surface area (Å²) in [5, 5.41) is 0. The van der Waals surface area contributed by atoms with Crippen molar-refractivity contribution in [2.75, 3.05) is 19.8 Å². The van der Waals surface area contributed by atoms with Gasteiger partial charge in [-0.2, -0.15) is 0 Å². The monoisotopic (exact) mass is 551 g/mol. The highest BCUT2D eigenvalue weighted by Gasteiger charge is 2.38. The highest BCUT2D eigenvalue weighted by atomic mass is 32.2. The number of unbranched alkanes of at least 4 members (excludes halogenated alkanes) is 3. The van der Waals surface area contributed by atoms with Crippen LogP contribution >= 0.6 is 11.8 Å².